The molecule has 0 unspecified atom stereocenters. The van der Waals surface area contributed by atoms with Crippen molar-refractivity contribution in [2.24, 2.45) is 0 Å². The normalized spacial score (nSPS) is 15.1. The number of ether oxygens (including phenoxy) is 1. The zero-order valence-corrected chi connectivity index (χ0v) is 17.5. The van der Waals surface area contributed by atoms with Crippen LogP contribution < -0.4 is 4.74 Å². The van der Waals surface area contributed by atoms with Crippen LogP contribution in [0.2, 0.25) is 0 Å². The van der Waals surface area contributed by atoms with Crippen LogP contribution in [-0.4, -0.2) is 0 Å². The van der Waals surface area contributed by atoms with Gasteiger partial charge in [0.2, 0.25) is 0 Å². The summed E-state index contributed by atoms with van der Waals surface area (Å²) in [5.41, 5.74) is -1.89. The molecule has 1 aliphatic carbocycles. The average Bonchev–Trinajstić information content (AvgIpc) is 3.27. The van der Waals surface area contributed by atoms with Gasteiger partial charge in [-0.15, -0.1) is 0 Å². The summed E-state index contributed by atoms with van der Waals surface area (Å²) >= 11 is 0. The number of benzene rings is 3. The van der Waals surface area contributed by atoms with Crippen molar-refractivity contribution in [1.29, 1.82) is 0 Å². The Bertz CT molecular complexity index is 1160. The summed E-state index contributed by atoms with van der Waals surface area (Å²) in [6.07, 6.45) is -5.26. The molecule has 0 heterocycles. The second-order valence-electron chi connectivity index (χ2n) is 8.18. The highest BCUT2D eigenvalue weighted by atomic mass is 19.4. The van der Waals surface area contributed by atoms with Crippen molar-refractivity contribution in [3.63, 3.8) is 0 Å². The van der Waals surface area contributed by atoms with Crippen LogP contribution in [0.25, 0.3) is 11.1 Å². The van der Waals surface area contributed by atoms with Gasteiger partial charge in [-0.3, -0.25) is 0 Å². The lowest BCUT2D eigenvalue weighted by Gasteiger charge is -2.20. The molecule has 0 saturated heterocycles. The first kappa shape index (κ1) is 24.0. The molecular weight excluding hydrogens is 468 g/mol. The highest BCUT2D eigenvalue weighted by Crippen LogP contribution is 2.39. The fraction of sp³-hybridized carbons (Fsp3) is 0.280. The van der Waals surface area contributed by atoms with Gasteiger partial charge >= 0.3 is 12.3 Å². The molecule has 0 N–H and O–H groups in total. The van der Waals surface area contributed by atoms with Crippen LogP contribution in [0.15, 0.2) is 54.6 Å². The Kier molecular flexibility index (Phi) is 6.31. The van der Waals surface area contributed by atoms with E-state index in [0.29, 0.717) is 29.7 Å². The van der Waals surface area contributed by atoms with Gasteiger partial charge in [0.1, 0.15) is 28.8 Å². The van der Waals surface area contributed by atoms with E-state index in [0.717, 1.165) is 31.2 Å². The van der Waals surface area contributed by atoms with Crippen molar-refractivity contribution in [3.05, 3.63) is 88.7 Å². The van der Waals surface area contributed by atoms with E-state index in [1.54, 1.807) is 12.1 Å². The number of alkyl halides is 5. The Morgan fingerprint density at radius 1 is 0.676 bits per heavy atom. The third kappa shape index (κ3) is 4.88. The molecule has 4 rings (SSSR count). The molecule has 0 spiro atoms. The van der Waals surface area contributed by atoms with Gasteiger partial charge in [0.05, 0.1) is 5.56 Å². The number of hydrogen-bond donors (Lipinski definition) is 0. The fourth-order valence-corrected chi connectivity index (χ4v) is 4.21. The van der Waals surface area contributed by atoms with Gasteiger partial charge in [0.25, 0.3) is 0 Å². The van der Waals surface area contributed by atoms with Gasteiger partial charge in [-0.25, -0.2) is 13.2 Å². The molecule has 0 aromatic heterocycles. The number of hydrogen-bond acceptors (Lipinski definition) is 1. The van der Waals surface area contributed by atoms with E-state index in [2.05, 4.69) is 4.74 Å². The lowest BCUT2D eigenvalue weighted by Crippen LogP contribution is -2.25. The average molecular weight is 486 g/mol. The Hall–Kier alpha value is -3.10. The van der Waals surface area contributed by atoms with Crippen molar-refractivity contribution in [3.8, 4) is 16.9 Å². The van der Waals surface area contributed by atoms with Crippen LogP contribution in [0.3, 0.4) is 0 Å². The smallest absolute Gasteiger partial charge is 0.429 e. The van der Waals surface area contributed by atoms with Crippen LogP contribution in [0.1, 0.15) is 48.3 Å². The molecule has 0 radical (unpaired) electrons. The predicted octanol–water partition coefficient (Wildman–Crippen LogP) is 8.58. The van der Waals surface area contributed by atoms with Crippen molar-refractivity contribution in [2.45, 2.75) is 43.9 Å². The van der Waals surface area contributed by atoms with Gasteiger partial charge in [0, 0.05) is 6.07 Å². The molecule has 3 aromatic carbocycles. The fourth-order valence-electron chi connectivity index (χ4n) is 4.21. The highest BCUT2D eigenvalue weighted by molar-refractivity contribution is 5.64. The molecular formula is C25H18F8O. The van der Waals surface area contributed by atoms with Crippen molar-refractivity contribution in [1.82, 2.24) is 0 Å². The molecule has 3 aromatic rings. The summed E-state index contributed by atoms with van der Waals surface area (Å²) < 4.78 is 114. The third-order valence-corrected chi connectivity index (χ3v) is 5.90. The van der Waals surface area contributed by atoms with Gasteiger partial charge in [-0.2, -0.15) is 22.0 Å². The Balaban J connectivity index is 1.59. The van der Waals surface area contributed by atoms with E-state index in [-0.39, 0.29) is 17.7 Å². The van der Waals surface area contributed by atoms with Crippen LogP contribution in [-0.2, 0) is 12.3 Å². The Morgan fingerprint density at radius 3 is 1.79 bits per heavy atom. The second kappa shape index (κ2) is 8.92. The van der Waals surface area contributed by atoms with Crippen molar-refractivity contribution < 1.29 is 39.9 Å². The van der Waals surface area contributed by atoms with E-state index in [1.165, 1.54) is 0 Å². The summed E-state index contributed by atoms with van der Waals surface area (Å²) in [7, 11) is 0. The first-order valence-corrected chi connectivity index (χ1v) is 10.5. The summed E-state index contributed by atoms with van der Waals surface area (Å²) in [5.74, 6) is -5.70. The van der Waals surface area contributed by atoms with Crippen LogP contribution in [0, 0.1) is 17.5 Å². The molecule has 0 amide bonds. The van der Waals surface area contributed by atoms with Crippen LogP contribution >= 0.6 is 0 Å². The molecule has 0 bridgehead atoms. The van der Waals surface area contributed by atoms with E-state index >= 15 is 0 Å². The maximum atomic E-state index is 14.6. The quantitative estimate of drug-likeness (QED) is 0.328. The zero-order valence-electron chi connectivity index (χ0n) is 17.5. The van der Waals surface area contributed by atoms with Gasteiger partial charge < -0.3 is 4.74 Å². The monoisotopic (exact) mass is 486 g/mol. The van der Waals surface area contributed by atoms with E-state index in [4.69, 9.17) is 0 Å². The lowest BCUT2D eigenvalue weighted by molar-refractivity contribution is -0.189. The summed E-state index contributed by atoms with van der Waals surface area (Å²) in [4.78, 5) is 0. The molecule has 180 valence electrons. The zero-order chi connectivity index (χ0) is 24.7. The topological polar surface area (TPSA) is 9.23 Å². The van der Waals surface area contributed by atoms with E-state index in [1.807, 2.05) is 12.1 Å². The van der Waals surface area contributed by atoms with Crippen LogP contribution in [0.5, 0.6) is 5.75 Å². The molecule has 1 nitrogen and oxygen atoms in total. The second-order valence-corrected chi connectivity index (χ2v) is 8.18. The number of rotatable bonds is 5. The highest BCUT2D eigenvalue weighted by Gasteiger charge is 2.42. The van der Waals surface area contributed by atoms with Gasteiger partial charge in [-0.1, -0.05) is 37.1 Å². The van der Waals surface area contributed by atoms with Crippen molar-refractivity contribution >= 4 is 0 Å². The molecule has 0 atom stereocenters. The molecule has 9 heteroatoms. The predicted molar refractivity (Wildman–Crippen MR) is 109 cm³/mol. The number of halogens is 8. The van der Waals surface area contributed by atoms with Crippen molar-refractivity contribution in [2.75, 3.05) is 0 Å². The van der Waals surface area contributed by atoms with Gasteiger partial charge in [-0.05, 0) is 59.7 Å². The van der Waals surface area contributed by atoms with E-state index in [9.17, 15) is 35.1 Å². The summed E-state index contributed by atoms with van der Waals surface area (Å²) in [6.45, 7) is 0. The first-order valence-electron chi connectivity index (χ1n) is 10.5. The standard InChI is InChI=1S/C25H18F8O/c26-20-13-18(9-10-19(20)24(29,30)31)34-25(32,33)23-21(27)11-17(12-22(23)28)16-7-5-15(6-8-16)14-3-1-2-4-14/h5-14H,1-4H2. The minimum Gasteiger partial charge on any atom is -0.429 e. The van der Waals surface area contributed by atoms with Gasteiger partial charge in [0.15, 0.2) is 0 Å². The summed E-state index contributed by atoms with van der Waals surface area (Å²) in [6, 6.07) is 9.13. The van der Waals surface area contributed by atoms with E-state index < -0.39 is 46.6 Å². The van der Waals surface area contributed by atoms with Crippen LogP contribution in [0.4, 0.5) is 35.1 Å². The summed E-state index contributed by atoms with van der Waals surface area (Å²) in [5, 5.41) is 0. The Labute approximate surface area is 190 Å². The minimum atomic E-state index is -5.05. The molecule has 1 fully saturated rings. The molecule has 0 aliphatic heterocycles. The maximum absolute atomic E-state index is 14.6. The SMILES string of the molecule is Fc1cc(OC(F)(F)c2c(F)cc(-c3ccc(C4CCCC4)cc3)cc2F)ccc1C(F)(F)F. The minimum absolute atomic E-state index is 0.0214. The molecule has 34 heavy (non-hydrogen) atoms. The third-order valence-electron chi connectivity index (χ3n) is 5.90. The molecule has 1 saturated carbocycles. The molecule has 1 aliphatic rings. The lowest BCUT2D eigenvalue weighted by atomic mass is 9.94. The largest absolute Gasteiger partial charge is 0.432 e. The maximum Gasteiger partial charge on any atom is 0.432 e. The first-order chi connectivity index (χ1) is 16.0. The Morgan fingerprint density at radius 2 is 1.26 bits per heavy atom.